The molecule has 10 heavy (non-hydrogen) atoms. The summed E-state index contributed by atoms with van der Waals surface area (Å²) < 4.78 is 0. The van der Waals surface area contributed by atoms with Gasteiger partial charge in [0.15, 0.2) is 0 Å². The molecular weight excluding hydrogens is 192 g/mol. The molecule has 0 N–H and O–H groups in total. The largest absolute Gasteiger partial charge is 0.0942 e. The summed E-state index contributed by atoms with van der Waals surface area (Å²) in [5.41, 5.74) is 0. The van der Waals surface area contributed by atoms with Gasteiger partial charge in [0.05, 0.1) is 0 Å². The summed E-state index contributed by atoms with van der Waals surface area (Å²) in [4.78, 5) is 0. The topological polar surface area (TPSA) is 0 Å². The molecule has 0 radical (unpaired) electrons. The molecule has 0 aliphatic heterocycles. The summed E-state index contributed by atoms with van der Waals surface area (Å²) in [6.45, 7) is 0. The normalized spacial score (nSPS) is 10.8. The second-order valence-corrected chi connectivity index (χ2v) is 7.05. The average Bonchev–Trinajstić information content (AvgIpc) is 1.97. The van der Waals surface area contributed by atoms with Gasteiger partial charge in [-0.25, -0.2) is 0 Å². The molecule has 0 aliphatic carbocycles. The Bertz CT molecular complexity index is 53.7. The van der Waals surface area contributed by atoms with Gasteiger partial charge in [0.2, 0.25) is 0 Å². The Morgan fingerprint density at radius 2 is 1.20 bits per heavy atom. The Kier molecular flexibility index (Phi) is 11.3. The SMILES string of the molecule is [SiH3]CCCSSCCC[SiH3]. The zero-order valence-electron chi connectivity index (χ0n) is 7.06. The quantitative estimate of drug-likeness (QED) is 0.345. The first-order chi connectivity index (χ1) is 4.91. The van der Waals surface area contributed by atoms with Crippen LogP contribution in [0, 0.1) is 0 Å². The third-order valence-corrected chi connectivity index (χ3v) is 5.24. The van der Waals surface area contributed by atoms with Crippen molar-refractivity contribution < 1.29 is 0 Å². The Hall–Kier alpha value is 1.13. The molecule has 0 unspecified atom stereocenters. The average molecular weight is 211 g/mol. The Labute approximate surface area is 78.6 Å². The molecule has 0 spiro atoms. The van der Waals surface area contributed by atoms with Crippen molar-refractivity contribution in [1.29, 1.82) is 0 Å². The molecular formula is C6H18S2Si2. The monoisotopic (exact) mass is 210 g/mol. The smallest absolute Gasteiger partial charge is 0.00339 e. The van der Waals surface area contributed by atoms with Gasteiger partial charge < -0.3 is 0 Å². The number of hydrogen-bond acceptors (Lipinski definition) is 2. The van der Waals surface area contributed by atoms with Crippen molar-refractivity contribution in [2.75, 3.05) is 11.5 Å². The van der Waals surface area contributed by atoms with Crippen LogP contribution in [0.25, 0.3) is 0 Å². The van der Waals surface area contributed by atoms with Crippen molar-refractivity contribution in [3.05, 3.63) is 0 Å². The minimum absolute atomic E-state index is 1.38. The standard InChI is InChI=1S/C6H18S2Si2/c9-5-1-3-7-8-4-2-6-10/h1-6H2,9-10H3. The van der Waals surface area contributed by atoms with Gasteiger partial charge in [-0.05, 0) is 12.8 Å². The summed E-state index contributed by atoms with van der Waals surface area (Å²) in [5.74, 6) is 2.77. The molecule has 0 nitrogen and oxygen atoms in total. The second-order valence-electron chi connectivity index (χ2n) is 2.35. The maximum atomic E-state index is 2.07. The molecule has 0 aromatic heterocycles. The van der Waals surface area contributed by atoms with E-state index in [1.54, 1.807) is 0 Å². The molecule has 0 bridgehead atoms. The van der Waals surface area contributed by atoms with Crippen LogP contribution in [0.15, 0.2) is 0 Å². The lowest BCUT2D eigenvalue weighted by molar-refractivity contribution is 1.10. The number of rotatable bonds is 7. The van der Waals surface area contributed by atoms with Gasteiger partial charge in [-0.2, -0.15) is 0 Å². The van der Waals surface area contributed by atoms with E-state index in [2.05, 4.69) is 21.6 Å². The molecule has 0 heterocycles. The maximum Gasteiger partial charge on any atom is 0.00339 e. The van der Waals surface area contributed by atoms with Crippen molar-refractivity contribution in [3.63, 3.8) is 0 Å². The van der Waals surface area contributed by atoms with Crippen molar-refractivity contribution >= 4 is 42.1 Å². The van der Waals surface area contributed by atoms with Crippen molar-refractivity contribution in [1.82, 2.24) is 0 Å². The van der Waals surface area contributed by atoms with Crippen LogP contribution in [-0.2, 0) is 0 Å². The fourth-order valence-electron chi connectivity index (χ4n) is 0.524. The molecule has 0 saturated heterocycles. The highest BCUT2D eigenvalue weighted by atomic mass is 33.1. The van der Waals surface area contributed by atoms with Crippen molar-refractivity contribution in [2.45, 2.75) is 24.9 Å². The van der Waals surface area contributed by atoms with Crippen molar-refractivity contribution in [2.24, 2.45) is 0 Å². The fourth-order valence-corrected chi connectivity index (χ4v) is 4.72. The van der Waals surface area contributed by atoms with Crippen LogP contribution in [-0.4, -0.2) is 32.0 Å². The van der Waals surface area contributed by atoms with Gasteiger partial charge in [-0.1, -0.05) is 33.7 Å². The summed E-state index contributed by atoms with van der Waals surface area (Å²) in [5, 5.41) is 0. The van der Waals surface area contributed by atoms with Crippen LogP contribution in [0.1, 0.15) is 12.8 Å². The Balaban J connectivity index is 2.65. The first-order valence-corrected chi connectivity index (χ1v) is 9.47. The zero-order chi connectivity index (χ0) is 7.66. The van der Waals surface area contributed by atoms with Gasteiger partial charge in [0, 0.05) is 32.0 Å². The van der Waals surface area contributed by atoms with Crippen LogP contribution in [0.3, 0.4) is 0 Å². The first kappa shape index (κ1) is 11.1. The molecule has 0 rings (SSSR count). The lowest BCUT2D eigenvalue weighted by Gasteiger charge is -1.97. The van der Waals surface area contributed by atoms with Gasteiger partial charge in [0.25, 0.3) is 0 Å². The lowest BCUT2D eigenvalue weighted by Crippen LogP contribution is -1.78. The van der Waals surface area contributed by atoms with E-state index in [9.17, 15) is 0 Å². The van der Waals surface area contributed by atoms with E-state index in [0.29, 0.717) is 0 Å². The highest BCUT2D eigenvalue weighted by Gasteiger charge is 1.88. The van der Waals surface area contributed by atoms with Gasteiger partial charge in [-0.15, -0.1) is 0 Å². The number of hydrogen-bond donors (Lipinski definition) is 0. The Morgan fingerprint density at radius 3 is 1.50 bits per heavy atom. The molecule has 0 aromatic carbocycles. The molecule has 0 aromatic rings. The van der Waals surface area contributed by atoms with E-state index in [1.807, 2.05) is 0 Å². The summed E-state index contributed by atoms with van der Waals surface area (Å²) >= 11 is 0. The molecule has 0 atom stereocenters. The van der Waals surface area contributed by atoms with Gasteiger partial charge >= 0.3 is 0 Å². The lowest BCUT2D eigenvalue weighted by atomic mass is 10.6. The van der Waals surface area contributed by atoms with Crippen LogP contribution >= 0.6 is 21.6 Å². The highest BCUT2D eigenvalue weighted by Crippen LogP contribution is 2.23. The van der Waals surface area contributed by atoms with Gasteiger partial charge in [0.1, 0.15) is 0 Å². The van der Waals surface area contributed by atoms with Crippen LogP contribution in [0.4, 0.5) is 0 Å². The molecule has 0 amide bonds. The van der Waals surface area contributed by atoms with E-state index in [-0.39, 0.29) is 0 Å². The third kappa shape index (κ3) is 9.13. The predicted molar refractivity (Wildman–Crippen MR) is 63.6 cm³/mol. The van der Waals surface area contributed by atoms with E-state index in [1.165, 1.54) is 56.9 Å². The van der Waals surface area contributed by atoms with Crippen molar-refractivity contribution in [3.8, 4) is 0 Å². The summed E-state index contributed by atoms with van der Waals surface area (Å²) in [6, 6.07) is 2.96. The minimum Gasteiger partial charge on any atom is -0.0942 e. The second kappa shape index (κ2) is 10.1. The van der Waals surface area contributed by atoms with Gasteiger partial charge in [-0.3, -0.25) is 0 Å². The third-order valence-electron chi connectivity index (χ3n) is 1.25. The van der Waals surface area contributed by atoms with E-state index in [0.717, 1.165) is 0 Å². The highest BCUT2D eigenvalue weighted by molar-refractivity contribution is 8.76. The predicted octanol–water partition coefficient (Wildman–Crippen LogP) is 0.715. The molecule has 0 fully saturated rings. The molecule has 62 valence electrons. The molecule has 0 saturated carbocycles. The maximum absolute atomic E-state index is 2.07. The minimum atomic E-state index is 1.38. The molecule has 0 aliphatic rings. The molecule has 4 heteroatoms. The van der Waals surface area contributed by atoms with Crippen LogP contribution in [0.5, 0.6) is 0 Å². The fraction of sp³-hybridized carbons (Fsp3) is 1.00. The van der Waals surface area contributed by atoms with E-state index >= 15 is 0 Å². The zero-order valence-corrected chi connectivity index (χ0v) is 12.7. The summed E-state index contributed by atoms with van der Waals surface area (Å²) in [6.07, 6.45) is 2.90. The first-order valence-electron chi connectivity index (χ1n) is 4.16. The summed E-state index contributed by atoms with van der Waals surface area (Å²) in [7, 11) is 6.93. The van der Waals surface area contributed by atoms with Crippen LogP contribution < -0.4 is 0 Å². The van der Waals surface area contributed by atoms with E-state index in [4.69, 9.17) is 0 Å². The Morgan fingerprint density at radius 1 is 0.800 bits per heavy atom. The van der Waals surface area contributed by atoms with E-state index < -0.39 is 0 Å². The van der Waals surface area contributed by atoms with Crippen LogP contribution in [0.2, 0.25) is 12.1 Å².